The van der Waals surface area contributed by atoms with Crippen molar-refractivity contribution in [1.82, 2.24) is 5.32 Å². The summed E-state index contributed by atoms with van der Waals surface area (Å²) in [7, 11) is 0. The molecule has 0 aromatic heterocycles. The van der Waals surface area contributed by atoms with Crippen LogP contribution in [0.1, 0.15) is 0 Å². The highest BCUT2D eigenvalue weighted by Crippen LogP contribution is 2.12. The van der Waals surface area contributed by atoms with Crippen molar-refractivity contribution in [2.24, 2.45) is 0 Å². The van der Waals surface area contributed by atoms with Gasteiger partial charge in [0.05, 0.1) is 51.9 Å². The maximum atomic E-state index is 12.2. The van der Waals surface area contributed by atoms with Crippen molar-refractivity contribution in [3.8, 4) is 0 Å². The molecule has 0 saturated heterocycles. The monoisotopic (exact) mass is 311 g/mol. The summed E-state index contributed by atoms with van der Waals surface area (Å²) in [6.07, 6.45) is 0. The van der Waals surface area contributed by atoms with Gasteiger partial charge in [0.15, 0.2) is 0 Å². The smallest absolute Gasteiger partial charge is 0.322 e. The van der Waals surface area contributed by atoms with E-state index in [2.05, 4.69) is 11.4 Å². The number of hydrogen-bond acceptors (Lipinski definition) is 5. The van der Waals surface area contributed by atoms with Gasteiger partial charge in [-0.2, -0.15) is 0 Å². The van der Waals surface area contributed by atoms with Crippen molar-refractivity contribution in [3.63, 3.8) is 0 Å². The summed E-state index contributed by atoms with van der Waals surface area (Å²) in [5, 5.41) is 20.0. The largest absolute Gasteiger partial charge is 0.394 e. The number of urea groups is 1. The Balaban J connectivity index is 2.47. The summed E-state index contributed by atoms with van der Waals surface area (Å²) in [4.78, 5) is 13.7. The van der Waals surface area contributed by atoms with Crippen LogP contribution in [0.3, 0.4) is 0 Å². The molecule has 1 aromatic rings. The lowest BCUT2D eigenvalue weighted by Gasteiger charge is -2.23. The first-order valence-corrected chi connectivity index (χ1v) is 7.19. The molecule has 0 saturated carbocycles. The lowest BCUT2D eigenvalue weighted by molar-refractivity contribution is 0.0938. The van der Waals surface area contributed by atoms with Crippen molar-refractivity contribution in [2.75, 3.05) is 57.6 Å². The maximum absolute atomic E-state index is 12.2. The summed E-state index contributed by atoms with van der Waals surface area (Å²) in [6, 6.07) is 9.89. The van der Waals surface area contributed by atoms with Crippen LogP contribution in [0.4, 0.5) is 10.5 Å². The minimum atomic E-state index is -0.275. The lowest BCUT2D eigenvalue weighted by Crippen LogP contribution is -2.43. The molecule has 1 radical (unpaired) electrons. The summed E-state index contributed by atoms with van der Waals surface area (Å²) < 4.78 is 10.3. The van der Waals surface area contributed by atoms with Crippen LogP contribution in [0.25, 0.3) is 0 Å². The van der Waals surface area contributed by atoms with Gasteiger partial charge in [-0.15, -0.1) is 0 Å². The molecule has 7 nitrogen and oxygen atoms in total. The van der Waals surface area contributed by atoms with Crippen molar-refractivity contribution in [3.05, 3.63) is 30.3 Å². The number of anilines is 1. The fraction of sp³-hybridized carbons (Fsp3) is 0.533. The van der Waals surface area contributed by atoms with Gasteiger partial charge in [-0.3, -0.25) is 4.90 Å². The maximum Gasteiger partial charge on any atom is 0.322 e. The van der Waals surface area contributed by atoms with Crippen LogP contribution in [0.2, 0.25) is 0 Å². The second kappa shape index (κ2) is 11.9. The van der Waals surface area contributed by atoms with E-state index in [-0.39, 0.29) is 32.5 Å². The molecule has 0 aliphatic rings. The number of nitrogens with zero attached hydrogens (tertiary/aromatic N) is 1. The van der Waals surface area contributed by atoms with Gasteiger partial charge < -0.3 is 25.0 Å². The summed E-state index contributed by atoms with van der Waals surface area (Å²) in [5.74, 6) is 0. The number of benzene rings is 1. The predicted octanol–water partition coefficient (Wildman–Crippen LogP) is 0.0206. The zero-order valence-corrected chi connectivity index (χ0v) is 12.5. The Kier molecular flexibility index (Phi) is 9.97. The molecule has 22 heavy (non-hydrogen) atoms. The Morgan fingerprint density at radius 2 is 1.86 bits per heavy atom. The molecular weight excluding hydrogens is 288 g/mol. The minimum Gasteiger partial charge on any atom is -0.394 e. The number of rotatable bonds is 11. The first kappa shape index (κ1) is 18.4. The number of aliphatic hydroxyl groups excluding tert-OH is 2. The number of aliphatic hydroxyl groups is 2. The minimum absolute atomic E-state index is 0.0404. The SMILES string of the molecule is O=C(NCCOCCO)N(CCOCCO)c1[c]cccc1. The summed E-state index contributed by atoms with van der Waals surface area (Å²) >= 11 is 0. The van der Waals surface area contributed by atoms with E-state index in [0.29, 0.717) is 32.0 Å². The molecular formula is C15H23N2O5. The van der Waals surface area contributed by atoms with Crippen molar-refractivity contribution < 1.29 is 24.5 Å². The van der Waals surface area contributed by atoms with Crippen LogP contribution < -0.4 is 10.2 Å². The zero-order chi connectivity index (χ0) is 16.0. The van der Waals surface area contributed by atoms with Crippen LogP contribution in [0.15, 0.2) is 24.3 Å². The van der Waals surface area contributed by atoms with Gasteiger partial charge in [0.25, 0.3) is 0 Å². The highest BCUT2D eigenvalue weighted by atomic mass is 16.5. The van der Waals surface area contributed by atoms with Gasteiger partial charge in [-0.05, 0) is 6.07 Å². The third-order valence-electron chi connectivity index (χ3n) is 2.68. The molecule has 0 bridgehead atoms. The Morgan fingerprint density at radius 3 is 2.50 bits per heavy atom. The Bertz CT molecular complexity index is 402. The molecule has 1 rings (SSSR count). The van der Waals surface area contributed by atoms with Crippen LogP contribution in [-0.4, -0.2) is 69.0 Å². The van der Waals surface area contributed by atoms with Gasteiger partial charge in [-0.1, -0.05) is 18.2 Å². The number of para-hydroxylation sites is 1. The number of carbonyl (C=O) groups excluding carboxylic acids is 1. The van der Waals surface area contributed by atoms with Gasteiger partial charge in [0.2, 0.25) is 0 Å². The molecule has 0 fully saturated rings. The van der Waals surface area contributed by atoms with Crippen molar-refractivity contribution in [1.29, 1.82) is 0 Å². The summed E-state index contributed by atoms with van der Waals surface area (Å²) in [5.41, 5.74) is 0.642. The van der Waals surface area contributed by atoms with Crippen LogP contribution in [-0.2, 0) is 9.47 Å². The second-order valence-electron chi connectivity index (χ2n) is 4.30. The lowest BCUT2D eigenvalue weighted by atomic mass is 10.3. The third-order valence-corrected chi connectivity index (χ3v) is 2.68. The fourth-order valence-electron chi connectivity index (χ4n) is 1.70. The molecule has 2 amide bonds. The first-order valence-electron chi connectivity index (χ1n) is 7.19. The molecule has 3 N–H and O–H groups in total. The van der Waals surface area contributed by atoms with E-state index in [4.69, 9.17) is 19.7 Å². The van der Waals surface area contributed by atoms with Crippen LogP contribution in [0.5, 0.6) is 0 Å². The Hall–Kier alpha value is -1.67. The molecule has 7 heteroatoms. The summed E-state index contributed by atoms with van der Waals surface area (Å²) in [6.45, 7) is 1.75. The number of hydrogen-bond donors (Lipinski definition) is 3. The average Bonchev–Trinajstić information content (AvgIpc) is 2.55. The third kappa shape index (κ3) is 7.37. The van der Waals surface area contributed by atoms with E-state index in [9.17, 15) is 4.79 Å². The molecule has 0 aliphatic heterocycles. The quantitative estimate of drug-likeness (QED) is 0.501. The molecule has 0 unspecified atom stereocenters. The van der Waals surface area contributed by atoms with Gasteiger partial charge in [-0.25, -0.2) is 4.79 Å². The van der Waals surface area contributed by atoms with Gasteiger partial charge >= 0.3 is 6.03 Å². The number of carbonyl (C=O) groups is 1. The Labute approximate surface area is 130 Å². The second-order valence-corrected chi connectivity index (χ2v) is 4.30. The highest BCUT2D eigenvalue weighted by molar-refractivity contribution is 5.91. The van der Waals surface area contributed by atoms with Crippen LogP contribution in [0, 0.1) is 6.07 Å². The van der Waals surface area contributed by atoms with E-state index in [1.54, 1.807) is 12.1 Å². The first-order chi connectivity index (χ1) is 10.8. The zero-order valence-electron chi connectivity index (χ0n) is 12.5. The van der Waals surface area contributed by atoms with E-state index in [1.807, 2.05) is 12.1 Å². The van der Waals surface area contributed by atoms with Gasteiger partial charge in [0, 0.05) is 12.6 Å². The topological polar surface area (TPSA) is 91.3 Å². The number of ether oxygens (including phenoxy) is 2. The van der Waals surface area contributed by atoms with E-state index in [0.717, 1.165) is 0 Å². The highest BCUT2D eigenvalue weighted by Gasteiger charge is 2.14. The molecule has 1 aromatic carbocycles. The fourth-order valence-corrected chi connectivity index (χ4v) is 1.70. The number of amides is 2. The Morgan fingerprint density at radius 1 is 1.14 bits per heavy atom. The average molecular weight is 311 g/mol. The standard InChI is InChI=1S/C15H23N2O5/c18-8-12-21-10-6-16-15(20)17(7-11-22-13-9-19)14-4-2-1-3-5-14/h1-4,18-19H,6-13H2,(H,16,20). The van der Waals surface area contributed by atoms with E-state index in [1.165, 1.54) is 4.90 Å². The van der Waals surface area contributed by atoms with E-state index < -0.39 is 0 Å². The molecule has 0 atom stereocenters. The number of nitrogens with one attached hydrogen (secondary N) is 1. The predicted molar refractivity (Wildman–Crippen MR) is 81.8 cm³/mol. The molecule has 0 spiro atoms. The molecule has 0 aliphatic carbocycles. The van der Waals surface area contributed by atoms with E-state index >= 15 is 0 Å². The van der Waals surface area contributed by atoms with Crippen molar-refractivity contribution >= 4 is 11.7 Å². The molecule has 0 heterocycles. The van der Waals surface area contributed by atoms with Crippen molar-refractivity contribution in [2.45, 2.75) is 0 Å². The molecule has 123 valence electrons. The van der Waals surface area contributed by atoms with Crippen LogP contribution >= 0.6 is 0 Å². The normalized spacial score (nSPS) is 10.5. The van der Waals surface area contributed by atoms with Gasteiger partial charge in [0.1, 0.15) is 0 Å².